The van der Waals surface area contributed by atoms with E-state index in [1.807, 2.05) is 0 Å². The first kappa shape index (κ1) is 27.6. The van der Waals surface area contributed by atoms with Crippen LogP contribution >= 0.6 is 0 Å². The Bertz CT molecular complexity index is 1920. The minimum absolute atomic E-state index is 0.00106. The van der Waals surface area contributed by atoms with Gasteiger partial charge in [0.15, 0.2) is 5.82 Å². The molecule has 5 aromatic rings. The fraction of sp³-hybridized carbons (Fsp3) is 0.103. The second kappa shape index (κ2) is 10.9. The number of rotatable bonds is 9. The maximum absolute atomic E-state index is 15.8. The molecule has 0 spiro atoms. The van der Waals surface area contributed by atoms with Crippen LogP contribution in [0.15, 0.2) is 93.8 Å². The van der Waals surface area contributed by atoms with E-state index in [1.165, 1.54) is 50.8 Å². The standard InChI is InChI=1S/C29H23F2N3O6S/c1-4-19-13-26(39-3)25(15-22(19)30)34-24-16-23(31)27(14-20(24)7-10-29(34)35)41(36,37)33(28-11-12-40-32-28)17-18-5-8-21(38-2)9-6-18/h4-16H,1,17H2,2-3H3. The van der Waals surface area contributed by atoms with E-state index in [4.69, 9.17) is 14.0 Å². The number of benzene rings is 3. The maximum atomic E-state index is 15.8. The predicted octanol–water partition coefficient (Wildman–Crippen LogP) is 5.31. The third-order valence-electron chi connectivity index (χ3n) is 6.44. The lowest BCUT2D eigenvalue weighted by molar-refractivity contribution is 0.411. The Hall–Kier alpha value is -4.97. The van der Waals surface area contributed by atoms with E-state index in [1.54, 1.807) is 24.3 Å². The molecule has 0 atom stereocenters. The van der Waals surface area contributed by atoms with Crippen molar-refractivity contribution < 1.29 is 31.2 Å². The Morgan fingerprint density at radius 3 is 2.39 bits per heavy atom. The molecule has 41 heavy (non-hydrogen) atoms. The van der Waals surface area contributed by atoms with Crippen molar-refractivity contribution in [1.82, 2.24) is 9.72 Å². The van der Waals surface area contributed by atoms with E-state index in [0.717, 1.165) is 27.1 Å². The highest BCUT2D eigenvalue weighted by molar-refractivity contribution is 7.92. The molecule has 0 bridgehead atoms. The van der Waals surface area contributed by atoms with Gasteiger partial charge in [-0.05, 0) is 35.9 Å². The fourth-order valence-electron chi connectivity index (χ4n) is 4.38. The summed E-state index contributed by atoms with van der Waals surface area (Å²) in [7, 11) is -1.71. The van der Waals surface area contributed by atoms with Gasteiger partial charge >= 0.3 is 0 Å². The number of pyridine rings is 1. The Labute approximate surface area is 233 Å². The van der Waals surface area contributed by atoms with Gasteiger partial charge in [0.1, 0.15) is 34.3 Å². The number of halogens is 2. The van der Waals surface area contributed by atoms with Crippen molar-refractivity contribution in [1.29, 1.82) is 0 Å². The van der Waals surface area contributed by atoms with Crippen LogP contribution in [-0.4, -0.2) is 32.4 Å². The van der Waals surface area contributed by atoms with Crippen LogP contribution in [0.1, 0.15) is 11.1 Å². The largest absolute Gasteiger partial charge is 0.497 e. The molecular formula is C29H23F2N3O6S. The van der Waals surface area contributed by atoms with Crippen molar-refractivity contribution in [2.75, 3.05) is 18.5 Å². The van der Waals surface area contributed by atoms with Gasteiger partial charge in [0.25, 0.3) is 15.6 Å². The summed E-state index contributed by atoms with van der Waals surface area (Å²) >= 11 is 0. The topological polar surface area (TPSA) is 104 Å². The van der Waals surface area contributed by atoms with Crippen molar-refractivity contribution in [3.8, 4) is 17.2 Å². The molecule has 12 heteroatoms. The van der Waals surface area contributed by atoms with Gasteiger partial charge in [0, 0.05) is 35.2 Å². The summed E-state index contributed by atoms with van der Waals surface area (Å²) in [5, 5.41) is 3.96. The third kappa shape index (κ3) is 5.05. The molecule has 0 aliphatic rings. The van der Waals surface area contributed by atoms with Crippen LogP contribution < -0.4 is 19.3 Å². The summed E-state index contributed by atoms with van der Waals surface area (Å²) in [5.41, 5.74) is 0.110. The van der Waals surface area contributed by atoms with Crippen molar-refractivity contribution in [2.45, 2.75) is 11.4 Å². The molecule has 210 valence electrons. The number of ether oxygens (including phenoxy) is 2. The molecule has 2 heterocycles. The van der Waals surface area contributed by atoms with Crippen LogP contribution in [-0.2, 0) is 16.6 Å². The quantitative estimate of drug-likeness (QED) is 0.233. The smallest absolute Gasteiger partial charge is 0.268 e. The maximum Gasteiger partial charge on any atom is 0.268 e. The molecule has 0 radical (unpaired) electrons. The van der Waals surface area contributed by atoms with E-state index in [0.29, 0.717) is 11.3 Å². The molecule has 3 aromatic carbocycles. The van der Waals surface area contributed by atoms with Crippen molar-refractivity contribution in [3.63, 3.8) is 0 Å². The number of hydrogen-bond acceptors (Lipinski definition) is 7. The molecule has 0 aliphatic carbocycles. The SMILES string of the molecule is C=Cc1cc(OC)c(-n2c(=O)ccc3cc(S(=O)(=O)N(Cc4ccc(OC)cc4)c4ccon4)c(F)cc32)cc1F. The molecule has 0 N–H and O–H groups in total. The molecule has 0 amide bonds. The molecule has 0 aliphatic heterocycles. The third-order valence-corrected chi connectivity index (χ3v) is 8.21. The number of aromatic nitrogens is 2. The van der Waals surface area contributed by atoms with E-state index >= 15 is 4.39 Å². The summed E-state index contributed by atoms with van der Waals surface area (Å²) in [6.07, 6.45) is 2.49. The van der Waals surface area contributed by atoms with Crippen molar-refractivity contribution in [3.05, 3.63) is 113 Å². The Morgan fingerprint density at radius 1 is 1.00 bits per heavy atom. The molecule has 5 rings (SSSR count). The minimum atomic E-state index is -4.55. The number of anilines is 1. The van der Waals surface area contributed by atoms with Crippen LogP contribution in [0.3, 0.4) is 0 Å². The number of sulfonamides is 1. The van der Waals surface area contributed by atoms with E-state index in [2.05, 4.69) is 11.7 Å². The first-order valence-corrected chi connectivity index (χ1v) is 13.5. The number of fused-ring (bicyclic) bond motifs is 1. The normalized spacial score (nSPS) is 11.4. The first-order chi connectivity index (χ1) is 19.7. The molecular weight excluding hydrogens is 556 g/mol. The van der Waals surface area contributed by atoms with Crippen molar-refractivity contribution >= 4 is 32.8 Å². The highest BCUT2D eigenvalue weighted by atomic mass is 32.2. The van der Waals surface area contributed by atoms with Gasteiger partial charge in [-0.2, -0.15) is 0 Å². The first-order valence-electron chi connectivity index (χ1n) is 12.1. The van der Waals surface area contributed by atoms with Gasteiger partial charge in [0.2, 0.25) is 0 Å². The van der Waals surface area contributed by atoms with E-state index < -0.39 is 32.1 Å². The van der Waals surface area contributed by atoms with Gasteiger partial charge in [-0.1, -0.05) is 29.9 Å². The van der Waals surface area contributed by atoms with Gasteiger partial charge in [-0.15, -0.1) is 0 Å². The van der Waals surface area contributed by atoms with Crippen molar-refractivity contribution in [2.24, 2.45) is 0 Å². The minimum Gasteiger partial charge on any atom is -0.497 e. The lowest BCUT2D eigenvalue weighted by Crippen LogP contribution is -2.31. The van der Waals surface area contributed by atoms with Crippen LogP contribution in [0.4, 0.5) is 14.6 Å². The van der Waals surface area contributed by atoms with Crippen LogP contribution in [0.2, 0.25) is 0 Å². The zero-order valence-corrected chi connectivity index (χ0v) is 22.7. The lowest BCUT2D eigenvalue weighted by Gasteiger charge is -2.23. The van der Waals surface area contributed by atoms with E-state index in [-0.39, 0.29) is 40.3 Å². The summed E-state index contributed by atoms with van der Waals surface area (Å²) < 4.78 is 75.6. The number of hydrogen-bond donors (Lipinski definition) is 0. The number of methoxy groups -OCH3 is 2. The molecule has 0 unspecified atom stereocenters. The Balaban J connectivity index is 1.67. The van der Waals surface area contributed by atoms with Crippen LogP contribution in [0.5, 0.6) is 11.5 Å². The van der Waals surface area contributed by atoms with Gasteiger partial charge in [-0.25, -0.2) is 21.5 Å². The number of nitrogens with zero attached hydrogens (tertiary/aromatic N) is 3. The molecule has 0 fully saturated rings. The molecule has 9 nitrogen and oxygen atoms in total. The van der Waals surface area contributed by atoms with Crippen LogP contribution in [0, 0.1) is 11.6 Å². The zero-order valence-electron chi connectivity index (χ0n) is 21.9. The summed E-state index contributed by atoms with van der Waals surface area (Å²) in [6, 6.07) is 15.0. The average molecular weight is 580 g/mol. The average Bonchev–Trinajstić information content (AvgIpc) is 3.50. The molecule has 0 saturated carbocycles. The highest BCUT2D eigenvalue weighted by Gasteiger charge is 2.31. The second-order valence-corrected chi connectivity index (χ2v) is 10.6. The van der Waals surface area contributed by atoms with Gasteiger partial charge < -0.3 is 14.0 Å². The molecule has 0 saturated heterocycles. The monoisotopic (exact) mass is 579 g/mol. The lowest BCUT2D eigenvalue weighted by atomic mass is 10.1. The Morgan fingerprint density at radius 2 is 1.76 bits per heavy atom. The highest BCUT2D eigenvalue weighted by Crippen LogP contribution is 2.32. The van der Waals surface area contributed by atoms with Gasteiger partial charge in [0.05, 0.1) is 32.0 Å². The van der Waals surface area contributed by atoms with E-state index in [9.17, 15) is 17.6 Å². The fourth-order valence-corrected chi connectivity index (χ4v) is 5.86. The molecule has 2 aromatic heterocycles. The van der Waals surface area contributed by atoms with Gasteiger partial charge in [-0.3, -0.25) is 9.36 Å². The second-order valence-electron chi connectivity index (χ2n) is 8.82. The zero-order chi connectivity index (χ0) is 29.3. The Kier molecular flexibility index (Phi) is 7.33. The van der Waals surface area contributed by atoms with Crippen LogP contribution in [0.25, 0.3) is 22.7 Å². The summed E-state index contributed by atoms with van der Waals surface area (Å²) in [6.45, 7) is 3.37. The predicted molar refractivity (Wildman–Crippen MR) is 149 cm³/mol. The summed E-state index contributed by atoms with van der Waals surface area (Å²) in [5.74, 6) is -1.17. The summed E-state index contributed by atoms with van der Waals surface area (Å²) in [4.78, 5) is 12.3.